The first-order valence-corrected chi connectivity index (χ1v) is 7.39. The zero-order chi connectivity index (χ0) is 17.1. The Kier molecular flexibility index (Phi) is 4.20. The first kappa shape index (κ1) is 15.6. The van der Waals surface area contributed by atoms with Crippen molar-refractivity contribution in [3.63, 3.8) is 0 Å². The fraction of sp³-hybridized carbons (Fsp3) is 0.111. The normalized spacial score (nSPS) is 10.4. The number of nitrogens with zero attached hydrogens (tertiary/aromatic N) is 3. The fourth-order valence-electron chi connectivity index (χ4n) is 2.25. The van der Waals surface area contributed by atoms with Crippen LogP contribution < -0.4 is 5.32 Å². The topological polar surface area (TPSA) is 75.2 Å². The van der Waals surface area contributed by atoms with Crippen molar-refractivity contribution in [1.29, 1.82) is 0 Å². The average molecular weight is 320 g/mol. The van der Waals surface area contributed by atoms with Gasteiger partial charge in [-0.05, 0) is 30.3 Å². The van der Waals surface area contributed by atoms with Gasteiger partial charge in [-0.1, -0.05) is 18.2 Å². The van der Waals surface area contributed by atoms with E-state index in [2.05, 4.69) is 15.3 Å². The third-order valence-electron chi connectivity index (χ3n) is 3.45. The predicted octanol–water partition coefficient (Wildman–Crippen LogP) is 2.58. The first-order chi connectivity index (χ1) is 11.5. The number of hydrogen-bond donors (Lipinski definition) is 1. The Hall–Kier alpha value is -3.28. The van der Waals surface area contributed by atoms with Crippen LogP contribution in [0.25, 0.3) is 11.0 Å². The molecule has 0 aliphatic carbocycles. The second-order valence-corrected chi connectivity index (χ2v) is 5.48. The van der Waals surface area contributed by atoms with Gasteiger partial charge in [0.15, 0.2) is 0 Å². The van der Waals surface area contributed by atoms with Gasteiger partial charge in [0, 0.05) is 25.3 Å². The van der Waals surface area contributed by atoms with E-state index in [9.17, 15) is 9.59 Å². The van der Waals surface area contributed by atoms with Crippen LogP contribution in [0, 0.1) is 0 Å². The molecule has 0 spiro atoms. The molecule has 0 fully saturated rings. The van der Waals surface area contributed by atoms with Gasteiger partial charge in [0.25, 0.3) is 11.8 Å². The van der Waals surface area contributed by atoms with Crippen LogP contribution >= 0.6 is 0 Å². The number of rotatable bonds is 3. The minimum Gasteiger partial charge on any atom is -0.345 e. The zero-order valence-corrected chi connectivity index (χ0v) is 13.4. The van der Waals surface area contributed by atoms with Crippen LogP contribution in [-0.4, -0.2) is 40.8 Å². The van der Waals surface area contributed by atoms with Crippen LogP contribution in [0.2, 0.25) is 0 Å². The highest BCUT2D eigenvalue weighted by Gasteiger charge is 2.12. The van der Waals surface area contributed by atoms with Gasteiger partial charge in [-0.2, -0.15) is 0 Å². The molecule has 0 bridgehead atoms. The van der Waals surface area contributed by atoms with Crippen LogP contribution in [0.4, 0.5) is 5.69 Å². The fourth-order valence-corrected chi connectivity index (χ4v) is 2.25. The molecule has 2 aromatic carbocycles. The lowest BCUT2D eigenvalue weighted by Gasteiger charge is -2.11. The molecule has 1 heterocycles. The Morgan fingerprint density at radius 1 is 1.00 bits per heavy atom. The summed E-state index contributed by atoms with van der Waals surface area (Å²) in [6.45, 7) is 0. The van der Waals surface area contributed by atoms with Gasteiger partial charge in [0.2, 0.25) is 0 Å². The number of para-hydroxylation sites is 2. The Bertz CT molecular complexity index is 922. The summed E-state index contributed by atoms with van der Waals surface area (Å²) in [5, 5.41) is 2.74. The number of amides is 2. The molecule has 120 valence electrons. The Labute approximate surface area is 139 Å². The van der Waals surface area contributed by atoms with Crippen molar-refractivity contribution < 1.29 is 9.59 Å². The molecule has 24 heavy (non-hydrogen) atoms. The van der Waals surface area contributed by atoms with E-state index in [1.807, 2.05) is 18.2 Å². The molecule has 0 aliphatic heterocycles. The molecule has 0 saturated heterocycles. The second kappa shape index (κ2) is 6.45. The molecule has 0 unspecified atom stereocenters. The summed E-state index contributed by atoms with van der Waals surface area (Å²) in [6, 6.07) is 14.1. The lowest BCUT2D eigenvalue weighted by molar-refractivity contribution is 0.0827. The van der Waals surface area contributed by atoms with Gasteiger partial charge >= 0.3 is 0 Å². The summed E-state index contributed by atoms with van der Waals surface area (Å²) >= 11 is 0. The number of fused-ring (bicyclic) bond motifs is 1. The number of hydrogen-bond acceptors (Lipinski definition) is 4. The number of aromatic nitrogens is 2. The maximum Gasteiger partial charge on any atom is 0.275 e. The van der Waals surface area contributed by atoms with Gasteiger partial charge < -0.3 is 10.2 Å². The highest BCUT2D eigenvalue weighted by Crippen LogP contribution is 2.14. The Morgan fingerprint density at radius 3 is 2.50 bits per heavy atom. The smallest absolute Gasteiger partial charge is 0.275 e. The van der Waals surface area contributed by atoms with E-state index in [-0.39, 0.29) is 17.5 Å². The van der Waals surface area contributed by atoms with Crippen molar-refractivity contribution in [1.82, 2.24) is 14.9 Å². The van der Waals surface area contributed by atoms with Gasteiger partial charge in [-0.15, -0.1) is 0 Å². The van der Waals surface area contributed by atoms with Gasteiger partial charge in [-0.3, -0.25) is 14.6 Å². The molecule has 2 amide bonds. The molecule has 0 atom stereocenters. The minimum atomic E-state index is -0.372. The van der Waals surface area contributed by atoms with E-state index in [0.29, 0.717) is 16.8 Å². The number of anilines is 1. The second-order valence-electron chi connectivity index (χ2n) is 5.48. The minimum absolute atomic E-state index is 0.128. The maximum absolute atomic E-state index is 12.4. The number of carbonyl (C=O) groups is 2. The average Bonchev–Trinajstić information content (AvgIpc) is 2.60. The van der Waals surface area contributed by atoms with Crippen molar-refractivity contribution in [2.45, 2.75) is 0 Å². The Balaban J connectivity index is 1.83. The monoisotopic (exact) mass is 320 g/mol. The van der Waals surface area contributed by atoms with Crippen molar-refractivity contribution >= 4 is 28.5 Å². The lowest BCUT2D eigenvalue weighted by atomic mass is 10.2. The third-order valence-corrected chi connectivity index (χ3v) is 3.45. The maximum atomic E-state index is 12.4. The molecule has 0 aliphatic rings. The van der Waals surface area contributed by atoms with E-state index in [1.165, 1.54) is 11.1 Å². The van der Waals surface area contributed by atoms with Crippen molar-refractivity contribution in [3.8, 4) is 0 Å². The van der Waals surface area contributed by atoms with E-state index >= 15 is 0 Å². The highest BCUT2D eigenvalue weighted by atomic mass is 16.2. The van der Waals surface area contributed by atoms with Crippen molar-refractivity contribution in [2.24, 2.45) is 0 Å². The summed E-state index contributed by atoms with van der Waals surface area (Å²) in [6.07, 6.45) is 1.44. The molecule has 0 radical (unpaired) electrons. The van der Waals surface area contributed by atoms with Crippen LogP contribution in [0.15, 0.2) is 54.7 Å². The SMILES string of the molecule is CN(C)C(=O)c1cccc(NC(=O)c2cnc3ccccc3n2)c1. The molecule has 3 aromatic rings. The van der Waals surface area contributed by atoms with Gasteiger partial charge in [0.1, 0.15) is 5.69 Å². The lowest BCUT2D eigenvalue weighted by Crippen LogP contribution is -2.22. The van der Waals surface area contributed by atoms with Crippen LogP contribution in [0.5, 0.6) is 0 Å². The Morgan fingerprint density at radius 2 is 1.75 bits per heavy atom. The van der Waals surface area contributed by atoms with Crippen LogP contribution in [0.3, 0.4) is 0 Å². The van der Waals surface area contributed by atoms with Crippen LogP contribution in [-0.2, 0) is 0 Å². The quantitative estimate of drug-likeness (QED) is 0.805. The number of benzene rings is 2. The molecule has 3 rings (SSSR count). The summed E-state index contributed by atoms with van der Waals surface area (Å²) in [4.78, 5) is 34.4. The number of nitrogens with one attached hydrogen (secondary N) is 1. The summed E-state index contributed by atoms with van der Waals surface area (Å²) in [7, 11) is 3.36. The van der Waals surface area contributed by atoms with Crippen molar-refractivity contribution in [3.05, 3.63) is 66.0 Å². The summed E-state index contributed by atoms with van der Waals surface area (Å²) in [5.41, 5.74) is 2.64. The van der Waals surface area contributed by atoms with E-state index in [4.69, 9.17) is 0 Å². The summed E-state index contributed by atoms with van der Waals surface area (Å²) in [5.74, 6) is -0.501. The number of carbonyl (C=O) groups excluding carboxylic acids is 2. The molecule has 0 saturated carbocycles. The predicted molar refractivity (Wildman–Crippen MR) is 92.0 cm³/mol. The molecule has 6 heteroatoms. The van der Waals surface area contributed by atoms with Gasteiger partial charge in [-0.25, -0.2) is 4.98 Å². The van der Waals surface area contributed by atoms with Crippen LogP contribution in [0.1, 0.15) is 20.8 Å². The molecule has 1 N–H and O–H groups in total. The summed E-state index contributed by atoms with van der Waals surface area (Å²) < 4.78 is 0. The third kappa shape index (κ3) is 3.22. The molecular weight excluding hydrogens is 304 g/mol. The van der Waals surface area contributed by atoms with E-state index in [1.54, 1.807) is 44.4 Å². The molecule has 6 nitrogen and oxygen atoms in total. The molecular formula is C18H16N4O2. The highest BCUT2D eigenvalue weighted by molar-refractivity contribution is 6.04. The van der Waals surface area contributed by atoms with Gasteiger partial charge in [0.05, 0.1) is 17.2 Å². The zero-order valence-electron chi connectivity index (χ0n) is 13.4. The largest absolute Gasteiger partial charge is 0.345 e. The first-order valence-electron chi connectivity index (χ1n) is 7.39. The molecule has 1 aromatic heterocycles. The van der Waals surface area contributed by atoms with E-state index in [0.717, 1.165) is 5.52 Å². The van der Waals surface area contributed by atoms with E-state index < -0.39 is 0 Å². The van der Waals surface area contributed by atoms with Crippen molar-refractivity contribution in [2.75, 3.05) is 19.4 Å². The standard InChI is InChI=1S/C18H16N4O2/c1-22(2)18(24)12-6-5-7-13(10-12)20-17(23)16-11-19-14-8-3-4-9-15(14)21-16/h3-11H,1-2H3,(H,20,23).